The molecule has 2 aromatic rings. The van der Waals surface area contributed by atoms with E-state index in [1.807, 2.05) is 31.2 Å². The first-order chi connectivity index (χ1) is 8.72. The molecular formula is C14H16N4. The van der Waals surface area contributed by atoms with Crippen LogP contribution in [0.3, 0.4) is 0 Å². The Morgan fingerprint density at radius 1 is 1.17 bits per heavy atom. The summed E-state index contributed by atoms with van der Waals surface area (Å²) < 4.78 is 0. The van der Waals surface area contributed by atoms with Crippen LogP contribution in [0.15, 0.2) is 30.5 Å². The maximum atomic E-state index is 5.83. The third-order valence-corrected chi connectivity index (χ3v) is 3.34. The lowest BCUT2D eigenvalue weighted by molar-refractivity contribution is 0.338. The van der Waals surface area contributed by atoms with E-state index in [9.17, 15) is 0 Å². The van der Waals surface area contributed by atoms with Crippen LogP contribution in [-0.4, -0.2) is 21.0 Å². The molecule has 2 N–H and O–H groups in total. The van der Waals surface area contributed by atoms with Gasteiger partial charge in [0.25, 0.3) is 0 Å². The molecule has 1 aliphatic carbocycles. The highest BCUT2D eigenvalue weighted by atomic mass is 14.9. The highest BCUT2D eigenvalue weighted by Crippen LogP contribution is 2.34. The summed E-state index contributed by atoms with van der Waals surface area (Å²) in [6.45, 7) is 2.00. The van der Waals surface area contributed by atoms with Crippen molar-refractivity contribution in [2.45, 2.75) is 31.7 Å². The molecule has 2 heterocycles. The summed E-state index contributed by atoms with van der Waals surface area (Å²) in [5.74, 6) is 1.33. The van der Waals surface area contributed by atoms with E-state index in [2.05, 4.69) is 15.0 Å². The van der Waals surface area contributed by atoms with Gasteiger partial charge in [-0.1, -0.05) is 6.07 Å². The smallest absolute Gasteiger partial charge is 0.132 e. The van der Waals surface area contributed by atoms with Gasteiger partial charge in [-0.05, 0) is 38.0 Å². The first-order valence-electron chi connectivity index (χ1n) is 6.25. The van der Waals surface area contributed by atoms with Gasteiger partial charge in [-0.2, -0.15) is 0 Å². The molecule has 0 atom stereocenters. The van der Waals surface area contributed by atoms with Crippen molar-refractivity contribution in [2.24, 2.45) is 5.73 Å². The molecule has 18 heavy (non-hydrogen) atoms. The first kappa shape index (κ1) is 11.3. The summed E-state index contributed by atoms with van der Waals surface area (Å²) in [6.07, 6.45) is 3.77. The van der Waals surface area contributed by atoms with Gasteiger partial charge in [0.1, 0.15) is 5.82 Å². The van der Waals surface area contributed by atoms with E-state index in [4.69, 9.17) is 5.73 Å². The van der Waals surface area contributed by atoms with E-state index in [-0.39, 0.29) is 0 Å². The maximum absolute atomic E-state index is 5.83. The molecule has 1 aliphatic rings. The maximum Gasteiger partial charge on any atom is 0.132 e. The molecule has 0 aliphatic heterocycles. The number of nitrogens with zero attached hydrogens (tertiary/aromatic N) is 3. The minimum Gasteiger partial charge on any atom is -0.328 e. The fourth-order valence-electron chi connectivity index (χ4n) is 2.29. The van der Waals surface area contributed by atoms with Crippen molar-refractivity contribution in [3.63, 3.8) is 0 Å². The zero-order valence-corrected chi connectivity index (χ0v) is 10.4. The number of pyridine rings is 1. The molecule has 92 valence electrons. The Morgan fingerprint density at radius 3 is 2.67 bits per heavy atom. The van der Waals surface area contributed by atoms with E-state index >= 15 is 0 Å². The average Bonchev–Trinajstić information content (AvgIpc) is 2.35. The SMILES string of the molecule is Cc1cc(-c2ccccn2)nc(C2CC(N)C2)n1. The van der Waals surface area contributed by atoms with Crippen molar-refractivity contribution >= 4 is 0 Å². The fraction of sp³-hybridized carbons (Fsp3) is 0.357. The van der Waals surface area contributed by atoms with Crippen molar-refractivity contribution in [3.05, 3.63) is 42.0 Å². The van der Waals surface area contributed by atoms with E-state index in [0.717, 1.165) is 35.7 Å². The Labute approximate surface area is 106 Å². The van der Waals surface area contributed by atoms with E-state index in [0.29, 0.717) is 12.0 Å². The average molecular weight is 240 g/mol. The standard InChI is InChI=1S/C14H16N4/c1-9-6-13(12-4-2-3-5-16-12)18-14(17-9)10-7-11(15)8-10/h2-6,10-11H,7-8,15H2,1H3. The van der Waals surface area contributed by atoms with Gasteiger partial charge in [0.2, 0.25) is 0 Å². The van der Waals surface area contributed by atoms with Gasteiger partial charge in [0, 0.05) is 23.9 Å². The third kappa shape index (κ3) is 2.11. The largest absolute Gasteiger partial charge is 0.328 e. The lowest BCUT2D eigenvalue weighted by Gasteiger charge is -2.31. The zero-order chi connectivity index (χ0) is 12.5. The molecule has 1 fully saturated rings. The molecule has 0 radical (unpaired) electrons. The predicted octanol–water partition coefficient (Wildman–Crippen LogP) is 2.05. The van der Waals surface area contributed by atoms with Crippen LogP contribution in [0.2, 0.25) is 0 Å². The highest BCUT2D eigenvalue weighted by Gasteiger charge is 2.30. The van der Waals surface area contributed by atoms with Gasteiger partial charge >= 0.3 is 0 Å². The van der Waals surface area contributed by atoms with Gasteiger partial charge in [-0.25, -0.2) is 9.97 Å². The van der Waals surface area contributed by atoms with Crippen molar-refractivity contribution < 1.29 is 0 Å². The Kier molecular flexibility index (Phi) is 2.80. The zero-order valence-electron chi connectivity index (χ0n) is 10.4. The molecule has 4 heteroatoms. The van der Waals surface area contributed by atoms with Crippen LogP contribution in [0, 0.1) is 6.92 Å². The van der Waals surface area contributed by atoms with Crippen LogP contribution in [0.5, 0.6) is 0 Å². The number of hydrogen-bond acceptors (Lipinski definition) is 4. The van der Waals surface area contributed by atoms with Gasteiger partial charge in [-0.3, -0.25) is 4.98 Å². The summed E-state index contributed by atoms with van der Waals surface area (Å²) in [5.41, 5.74) is 8.61. The molecular weight excluding hydrogens is 224 g/mol. The molecule has 1 saturated carbocycles. The van der Waals surface area contributed by atoms with Crippen molar-refractivity contribution in [1.82, 2.24) is 15.0 Å². The topological polar surface area (TPSA) is 64.7 Å². The summed E-state index contributed by atoms with van der Waals surface area (Å²) in [5, 5.41) is 0. The Hall–Kier alpha value is -1.81. The summed E-state index contributed by atoms with van der Waals surface area (Å²) >= 11 is 0. The monoisotopic (exact) mass is 240 g/mol. The van der Waals surface area contributed by atoms with Crippen LogP contribution in [0.4, 0.5) is 0 Å². The molecule has 4 nitrogen and oxygen atoms in total. The molecule has 0 bridgehead atoms. The minimum atomic E-state index is 0.317. The lowest BCUT2D eigenvalue weighted by Crippen LogP contribution is -2.35. The van der Waals surface area contributed by atoms with E-state index in [1.165, 1.54) is 0 Å². The quantitative estimate of drug-likeness (QED) is 0.872. The molecule has 0 unspecified atom stereocenters. The van der Waals surface area contributed by atoms with Gasteiger partial charge in [0.15, 0.2) is 0 Å². The van der Waals surface area contributed by atoms with Crippen LogP contribution in [0.25, 0.3) is 11.4 Å². The predicted molar refractivity (Wildman–Crippen MR) is 70.0 cm³/mol. The van der Waals surface area contributed by atoms with Crippen molar-refractivity contribution in [3.8, 4) is 11.4 Å². The number of aryl methyl sites for hydroxylation is 1. The number of hydrogen-bond donors (Lipinski definition) is 1. The van der Waals surface area contributed by atoms with Crippen LogP contribution in [-0.2, 0) is 0 Å². The van der Waals surface area contributed by atoms with Crippen LogP contribution < -0.4 is 5.73 Å². The normalized spacial score (nSPS) is 22.6. The molecule has 0 saturated heterocycles. The van der Waals surface area contributed by atoms with E-state index < -0.39 is 0 Å². The molecule has 0 aromatic carbocycles. The first-order valence-corrected chi connectivity index (χ1v) is 6.25. The molecule has 2 aromatic heterocycles. The van der Waals surface area contributed by atoms with Crippen LogP contribution >= 0.6 is 0 Å². The van der Waals surface area contributed by atoms with Crippen LogP contribution in [0.1, 0.15) is 30.3 Å². The fourth-order valence-corrected chi connectivity index (χ4v) is 2.29. The Morgan fingerprint density at radius 2 is 2.00 bits per heavy atom. The number of aromatic nitrogens is 3. The summed E-state index contributed by atoms with van der Waals surface area (Å²) in [4.78, 5) is 13.5. The number of rotatable bonds is 2. The highest BCUT2D eigenvalue weighted by molar-refractivity contribution is 5.54. The van der Waals surface area contributed by atoms with Gasteiger partial charge in [0.05, 0.1) is 11.4 Å². The van der Waals surface area contributed by atoms with Crippen molar-refractivity contribution in [2.75, 3.05) is 0 Å². The second kappa shape index (κ2) is 4.46. The van der Waals surface area contributed by atoms with Gasteiger partial charge in [-0.15, -0.1) is 0 Å². The number of nitrogens with two attached hydrogens (primary N) is 1. The second-order valence-corrected chi connectivity index (χ2v) is 4.90. The Balaban J connectivity index is 1.96. The lowest BCUT2D eigenvalue weighted by atomic mass is 9.80. The Bertz CT molecular complexity index is 547. The molecule has 0 amide bonds. The second-order valence-electron chi connectivity index (χ2n) is 4.90. The molecule has 3 rings (SSSR count). The third-order valence-electron chi connectivity index (χ3n) is 3.34. The van der Waals surface area contributed by atoms with E-state index in [1.54, 1.807) is 6.20 Å². The summed E-state index contributed by atoms with van der Waals surface area (Å²) in [6, 6.07) is 8.14. The minimum absolute atomic E-state index is 0.317. The van der Waals surface area contributed by atoms with Gasteiger partial charge < -0.3 is 5.73 Å². The van der Waals surface area contributed by atoms with Crippen molar-refractivity contribution in [1.29, 1.82) is 0 Å². The molecule has 0 spiro atoms. The summed E-state index contributed by atoms with van der Waals surface area (Å²) in [7, 11) is 0.